The molecule has 0 aliphatic heterocycles. The van der Waals surface area contributed by atoms with E-state index in [1.807, 2.05) is 84.9 Å². The molecule has 12 rings (SSSR count). The Morgan fingerprint density at radius 1 is 0.610 bits per heavy atom. The standard InChI is InChI=1S/C57H67N3O2.2C7H7.Hf/c1-35-22-39(52(61)46(23-35)57-31-36-24-37(32-57)26-38(25-36)33-57)20-21-58-47-14-12-13-15-50(47)59(11)34-40-27-43(56(8,9)10)30-51(53(40)62)60-48-18-16-41(54(2,3)4)28-44(48)45-29-42(55(5,6)7)17-19-49(45)60;2*1-7-5-3-2-4-6-7;/h12-20,22-23,27-30,36-38,61-62H,24-26,31-34H2,1-11H3;2*2-6H,1H2;/q;2*-1;. The number of phenolic OH excluding ortho intramolecular Hbond substituents is 2. The maximum atomic E-state index is 12.5. The summed E-state index contributed by atoms with van der Waals surface area (Å²) in [7, 11) is 2.06. The predicted octanol–water partition coefficient (Wildman–Crippen LogP) is 18.2. The Morgan fingerprint density at radius 3 is 1.56 bits per heavy atom. The molecule has 0 amide bonds. The number of aromatic nitrogens is 1. The van der Waals surface area contributed by atoms with E-state index in [9.17, 15) is 10.2 Å². The molecule has 77 heavy (non-hydrogen) atoms. The fourth-order valence-electron chi connectivity index (χ4n) is 12.7. The van der Waals surface area contributed by atoms with Gasteiger partial charge in [0.05, 0.1) is 28.1 Å². The number of hydrogen-bond donors (Lipinski definition) is 2. The molecule has 4 fully saturated rings. The molecule has 0 radical (unpaired) electrons. The van der Waals surface area contributed by atoms with Crippen molar-refractivity contribution < 1.29 is 36.1 Å². The molecule has 4 saturated carbocycles. The Bertz CT molecular complexity index is 3290. The Labute approximate surface area is 480 Å². The summed E-state index contributed by atoms with van der Waals surface area (Å²) >= 11 is 0. The Balaban J connectivity index is 0.000000454. The van der Waals surface area contributed by atoms with Gasteiger partial charge in [-0.3, -0.25) is 0 Å². The predicted molar refractivity (Wildman–Crippen MR) is 323 cm³/mol. The number of nitrogens with zero attached hydrogens (tertiary/aromatic N) is 3. The average molecular weight is 1190 g/mol. The van der Waals surface area contributed by atoms with Crippen molar-refractivity contribution in [3.05, 3.63) is 210 Å². The first-order chi connectivity index (χ1) is 36.0. The van der Waals surface area contributed by atoms with E-state index in [1.54, 1.807) is 0 Å². The summed E-state index contributed by atoms with van der Waals surface area (Å²) in [6, 6.07) is 50.2. The van der Waals surface area contributed by atoms with E-state index in [-0.39, 0.29) is 53.3 Å². The number of aromatic hydroxyl groups is 2. The van der Waals surface area contributed by atoms with E-state index in [2.05, 4.69) is 172 Å². The molecule has 6 heteroatoms. The maximum Gasteiger partial charge on any atom is 0.144 e. The van der Waals surface area contributed by atoms with Crippen LogP contribution in [0.4, 0.5) is 11.4 Å². The Morgan fingerprint density at radius 2 is 1.09 bits per heavy atom. The number of aryl methyl sites for hydroxylation is 1. The second-order valence-corrected chi connectivity index (χ2v) is 25.7. The number of hydrogen-bond acceptors (Lipinski definition) is 4. The third kappa shape index (κ3) is 12.6. The van der Waals surface area contributed by atoms with Gasteiger partial charge >= 0.3 is 0 Å². The number of benzene rings is 7. The van der Waals surface area contributed by atoms with Crippen LogP contribution >= 0.6 is 0 Å². The van der Waals surface area contributed by atoms with Gasteiger partial charge in [-0.15, -0.1) is 24.3 Å². The SMILES string of the molecule is Cc1cc(C=C=Nc2ccccc2N(C)Cc2cc(C(C)(C)C)cc(-n3c4ccc(C(C)(C)C)cc4c4cc(C(C)(C)C)ccc43)c2O)c(O)c(C23CC4CC(CC(C4)C2)C3)c1.[CH2-]c1ccccc1.[CH2-]c1ccccc1.[Hf]. The minimum Gasteiger partial charge on any atom is -0.507 e. The van der Waals surface area contributed by atoms with E-state index in [1.165, 1.54) is 66.0 Å². The minimum atomic E-state index is -0.169. The summed E-state index contributed by atoms with van der Waals surface area (Å²) in [4.78, 5) is 7.05. The molecule has 0 saturated heterocycles. The van der Waals surface area contributed by atoms with Gasteiger partial charge in [0.2, 0.25) is 0 Å². The number of aliphatic imine (C=N–C) groups is 1. The van der Waals surface area contributed by atoms with Crippen LogP contribution in [0.25, 0.3) is 33.6 Å². The molecule has 0 unspecified atom stereocenters. The van der Waals surface area contributed by atoms with E-state index in [0.29, 0.717) is 12.3 Å². The molecule has 0 atom stereocenters. The van der Waals surface area contributed by atoms with Gasteiger partial charge < -0.3 is 19.7 Å². The van der Waals surface area contributed by atoms with Crippen LogP contribution in [0, 0.1) is 38.5 Å². The molecule has 398 valence electrons. The van der Waals surface area contributed by atoms with Gasteiger partial charge in [0.25, 0.3) is 0 Å². The first-order valence-corrected chi connectivity index (χ1v) is 27.6. The second kappa shape index (κ2) is 22.6. The molecule has 4 bridgehead atoms. The van der Waals surface area contributed by atoms with Crippen LogP contribution in [-0.2, 0) is 54.0 Å². The van der Waals surface area contributed by atoms with E-state index in [4.69, 9.17) is 4.99 Å². The van der Waals surface area contributed by atoms with Gasteiger partial charge in [0.15, 0.2) is 0 Å². The first kappa shape index (κ1) is 57.0. The molecule has 0 spiro atoms. The van der Waals surface area contributed by atoms with Gasteiger partial charge in [0, 0.05) is 73.0 Å². The van der Waals surface area contributed by atoms with E-state index in [0.717, 1.165) is 79.2 Å². The third-order valence-corrected chi connectivity index (χ3v) is 16.5. The summed E-state index contributed by atoms with van der Waals surface area (Å²) < 4.78 is 2.27. The van der Waals surface area contributed by atoms with Crippen molar-refractivity contribution in [1.82, 2.24) is 4.57 Å². The van der Waals surface area contributed by atoms with Gasteiger partial charge in [-0.25, -0.2) is 4.99 Å². The molecule has 2 N–H and O–H groups in total. The fourth-order valence-corrected chi connectivity index (χ4v) is 12.7. The second-order valence-electron chi connectivity index (χ2n) is 25.7. The Kier molecular flexibility index (Phi) is 16.8. The molecule has 1 heterocycles. The fraction of sp³-hybridized carbons (Fsp3) is 0.352. The molecule has 5 nitrogen and oxygen atoms in total. The van der Waals surface area contributed by atoms with Crippen molar-refractivity contribution in [3.8, 4) is 17.2 Å². The summed E-state index contributed by atoms with van der Waals surface area (Å²) in [6.07, 6.45) is 9.60. The van der Waals surface area contributed by atoms with Gasteiger partial charge in [-0.05, 0) is 168 Å². The van der Waals surface area contributed by atoms with Crippen LogP contribution in [0.15, 0.2) is 151 Å². The number of rotatable bonds is 7. The summed E-state index contributed by atoms with van der Waals surface area (Å²) in [5, 5.41) is 26.7. The summed E-state index contributed by atoms with van der Waals surface area (Å²) in [5.41, 5.74) is 14.4. The normalized spacial score (nSPS) is 18.6. The first-order valence-electron chi connectivity index (χ1n) is 27.6. The molecule has 4 aliphatic carbocycles. The van der Waals surface area contributed by atoms with E-state index < -0.39 is 0 Å². The maximum absolute atomic E-state index is 12.5. The molecular weight excluding hydrogens is 1110 g/mol. The molecule has 8 aromatic rings. The van der Waals surface area contributed by atoms with Crippen LogP contribution < -0.4 is 4.90 Å². The number of phenols is 2. The monoisotopic (exact) mass is 1190 g/mol. The zero-order chi connectivity index (χ0) is 54.3. The van der Waals surface area contributed by atoms with Crippen molar-refractivity contribution in [2.24, 2.45) is 22.7 Å². The minimum absolute atomic E-state index is 0. The topological polar surface area (TPSA) is 61.0 Å². The van der Waals surface area contributed by atoms with Crippen LogP contribution in [0.3, 0.4) is 0 Å². The van der Waals surface area contributed by atoms with Gasteiger partial charge in [0.1, 0.15) is 11.5 Å². The molecule has 1 aromatic heterocycles. The molecular formula is C71H81HfN3O2-2. The number of anilines is 1. The summed E-state index contributed by atoms with van der Waals surface area (Å²) in [6.45, 7) is 30.4. The quantitative estimate of drug-likeness (QED) is 0.0950. The zero-order valence-corrected chi connectivity index (χ0v) is 51.4. The van der Waals surface area contributed by atoms with Crippen molar-refractivity contribution in [2.75, 3.05) is 11.9 Å². The number of para-hydroxylation sites is 2. The molecule has 7 aromatic carbocycles. The van der Waals surface area contributed by atoms with Crippen LogP contribution in [-0.4, -0.2) is 27.7 Å². The van der Waals surface area contributed by atoms with Crippen molar-refractivity contribution in [3.63, 3.8) is 0 Å². The third-order valence-electron chi connectivity index (χ3n) is 16.5. The van der Waals surface area contributed by atoms with E-state index >= 15 is 0 Å². The largest absolute Gasteiger partial charge is 0.507 e. The van der Waals surface area contributed by atoms with Crippen LogP contribution in [0.1, 0.15) is 151 Å². The van der Waals surface area contributed by atoms with Crippen LogP contribution in [0.2, 0.25) is 0 Å². The Hall–Kier alpha value is -6.20. The van der Waals surface area contributed by atoms with Crippen molar-refractivity contribution in [2.45, 2.75) is 136 Å². The van der Waals surface area contributed by atoms with Crippen molar-refractivity contribution in [1.29, 1.82) is 0 Å². The average Bonchev–Trinajstić information content (AvgIpc) is 3.76. The van der Waals surface area contributed by atoms with Gasteiger partial charge in [-0.2, -0.15) is 49.2 Å². The smallest absolute Gasteiger partial charge is 0.144 e. The van der Waals surface area contributed by atoms with Crippen molar-refractivity contribution >= 4 is 45.1 Å². The number of fused-ring (bicyclic) bond motifs is 3. The van der Waals surface area contributed by atoms with Gasteiger partial charge in [-0.1, -0.05) is 105 Å². The zero-order valence-electron chi connectivity index (χ0n) is 47.8. The molecule has 4 aliphatic rings. The summed E-state index contributed by atoms with van der Waals surface area (Å²) in [5.74, 6) is 6.32. The van der Waals surface area contributed by atoms with Crippen LogP contribution in [0.5, 0.6) is 11.5 Å².